The Labute approximate surface area is 614 Å². The Kier molecular flexibility index (Phi) is 21.3. The first-order valence-corrected chi connectivity index (χ1v) is 35.5. The quantitative estimate of drug-likeness (QED) is 0.0735. The molecule has 0 fully saturated rings. The van der Waals surface area contributed by atoms with E-state index >= 15 is 0 Å². The molecule has 4 aliphatic heterocycles. The Hall–Kier alpha value is -10.5. The Balaban J connectivity index is 0.000000120. The minimum absolute atomic E-state index is 0.0113. The van der Waals surface area contributed by atoms with Crippen LogP contribution in [0.5, 0.6) is 0 Å². The molecule has 17 rings (SSSR count). The van der Waals surface area contributed by atoms with Crippen LogP contribution in [0.15, 0.2) is 73.3 Å². The number of amides is 1. The number of nitrogens with one attached hydrogen (secondary N) is 2. The SMILES string of the molecule is CCOC(=O)c1cnc2c(c(C)nn2Cc2cc3n(n2)CCC3)c1Cl.CCOC(=O)c1cnc2n[nH]c(C)c2c1Cl.Cc1ccc(NC(=O)c2cnc3c(c(C)nn3Cc3cc4n(n3)CCC4)c2Cl)cc1.Cc1nn(Cc2cc3n(n2)CCC3)c2ncc(C(=O)O)c(Cl)c12.OCc1cc2n(n1)CCC2. The molecule has 4 aliphatic rings. The summed E-state index contributed by atoms with van der Waals surface area (Å²) < 4.78 is 23.3. The molecule has 0 saturated carbocycles. The number of hydrogen-bond donors (Lipinski definition) is 4. The number of aromatic carboxylic acids is 1. The summed E-state index contributed by atoms with van der Waals surface area (Å²) in [5, 5.41) is 62.9. The molecule has 104 heavy (non-hydrogen) atoms. The van der Waals surface area contributed by atoms with E-state index in [1.807, 2.05) is 72.1 Å². The molecule has 0 aliphatic carbocycles. The van der Waals surface area contributed by atoms with Gasteiger partial charge in [0.15, 0.2) is 22.6 Å². The smallest absolute Gasteiger partial charge is 0.341 e. The average molecular weight is 1490 g/mol. The number of carboxylic acid groups (broad SMARTS) is 1. The topological polar surface area (TPSA) is 344 Å². The lowest BCUT2D eigenvalue weighted by Gasteiger charge is -2.08. The molecule has 0 spiro atoms. The molecule has 4 N–H and O–H groups in total. The summed E-state index contributed by atoms with van der Waals surface area (Å²) in [6.07, 6.45) is 14.6. The van der Waals surface area contributed by atoms with E-state index in [-0.39, 0.29) is 40.8 Å². The van der Waals surface area contributed by atoms with Crippen LogP contribution in [0.2, 0.25) is 20.1 Å². The number of H-pyrrole nitrogens is 1. The van der Waals surface area contributed by atoms with Crippen molar-refractivity contribution in [3.8, 4) is 0 Å². The second kappa shape index (κ2) is 30.9. The van der Waals surface area contributed by atoms with E-state index in [9.17, 15) is 19.2 Å². The summed E-state index contributed by atoms with van der Waals surface area (Å²) in [6.45, 7) is 18.9. The van der Waals surface area contributed by atoms with Gasteiger partial charge in [-0.25, -0.2) is 48.4 Å². The average Bonchev–Trinajstić information content (AvgIpc) is 1.61. The van der Waals surface area contributed by atoms with Crippen molar-refractivity contribution >= 4 is 120 Å². The number of nitrogens with zero attached hydrogens (tertiary/aromatic N) is 19. The number of pyridine rings is 4. The monoisotopic (exact) mass is 1490 g/mol. The third kappa shape index (κ3) is 14.9. The van der Waals surface area contributed by atoms with Gasteiger partial charge in [-0.1, -0.05) is 64.1 Å². The first-order chi connectivity index (χ1) is 50.2. The van der Waals surface area contributed by atoms with E-state index in [4.69, 9.17) is 66.1 Å². The fourth-order valence-corrected chi connectivity index (χ4v) is 14.5. The highest BCUT2D eigenvalue weighted by Crippen LogP contribution is 2.34. The van der Waals surface area contributed by atoms with Crippen LogP contribution in [-0.2, 0) is 87.6 Å². The summed E-state index contributed by atoms with van der Waals surface area (Å²) in [4.78, 5) is 64.8. The largest absolute Gasteiger partial charge is 0.478 e. The van der Waals surface area contributed by atoms with Crippen molar-refractivity contribution in [1.82, 2.24) is 98.6 Å². The molecule has 0 atom stereocenters. The molecule has 13 aromatic rings. The number of aryl methyl sites for hydroxylation is 13. The zero-order valence-electron chi connectivity index (χ0n) is 58.0. The molecule has 0 radical (unpaired) electrons. The van der Waals surface area contributed by atoms with Gasteiger partial charge >= 0.3 is 17.9 Å². The van der Waals surface area contributed by atoms with Gasteiger partial charge in [0.1, 0.15) is 0 Å². The fourth-order valence-electron chi connectivity index (χ4n) is 13.1. The Morgan fingerprint density at radius 3 is 1.26 bits per heavy atom. The highest BCUT2D eigenvalue weighted by molar-refractivity contribution is 6.40. The number of carbonyl (C=O) groups excluding carboxylic acids is 3. The predicted molar refractivity (Wildman–Crippen MR) is 389 cm³/mol. The number of carbonyl (C=O) groups is 4. The van der Waals surface area contributed by atoms with Crippen LogP contribution in [0.4, 0.5) is 5.69 Å². The highest BCUT2D eigenvalue weighted by Gasteiger charge is 2.26. The molecule has 0 unspecified atom stereocenters. The molecule has 538 valence electrons. The molecule has 12 aromatic heterocycles. The number of carboxylic acids is 1. The second-order valence-electron chi connectivity index (χ2n) is 25.4. The molecule has 1 aromatic carbocycles. The fraction of sp³-hybridized carbons (Fsp3) is 0.352. The number of rotatable bonds is 14. The van der Waals surface area contributed by atoms with Crippen molar-refractivity contribution < 1.29 is 38.9 Å². The maximum Gasteiger partial charge on any atom is 0.341 e. The summed E-state index contributed by atoms with van der Waals surface area (Å²) in [6, 6.07) is 15.9. The summed E-state index contributed by atoms with van der Waals surface area (Å²) in [5.41, 5.74) is 16.6. The predicted octanol–water partition coefficient (Wildman–Crippen LogP) is 11.6. The third-order valence-electron chi connectivity index (χ3n) is 18.1. The van der Waals surface area contributed by atoms with Crippen molar-refractivity contribution in [2.75, 3.05) is 18.5 Å². The molecule has 29 nitrogen and oxygen atoms in total. The third-order valence-corrected chi connectivity index (χ3v) is 19.6. The van der Waals surface area contributed by atoms with Gasteiger partial charge in [-0.05, 0) is 136 Å². The van der Waals surface area contributed by atoms with Gasteiger partial charge in [0.05, 0.1) is 143 Å². The van der Waals surface area contributed by atoms with Gasteiger partial charge < -0.3 is 25.0 Å². The van der Waals surface area contributed by atoms with Crippen LogP contribution in [0.3, 0.4) is 0 Å². The van der Waals surface area contributed by atoms with E-state index in [2.05, 4.69) is 94.0 Å². The Bertz CT molecular complexity index is 5360. The normalized spacial score (nSPS) is 13.2. The van der Waals surface area contributed by atoms with Crippen LogP contribution in [0, 0.1) is 34.6 Å². The number of aliphatic hydroxyl groups excluding tert-OH is 1. The number of ether oxygens (including phenoxy) is 2. The van der Waals surface area contributed by atoms with Crippen LogP contribution in [0.25, 0.3) is 44.1 Å². The van der Waals surface area contributed by atoms with Crippen LogP contribution in [0.1, 0.15) is 155 Å². The molecule has 16 heterocycles. The maximum atomic E-state index is 12.8. The Morgan fingerprint density at radius 1 is 0.490 bits per heavy atom. The van der Waals surface area contributed by atoms with Gasteiger partial charge in [-0.3, -0.25) is 28.6 Å². The van der Waals surface area contributed by atoms with Crippen LogP contribution in [-0.4, -0.2) is 146 Å². The lowest BCUT2D eigenvalue weighted by Crippen LogP contribution is -2.13. The number of benzene rings is 1. The van der Waals surface area contributed by atoms with Crippen LogP contribution >= 0.6 is 46.4 Å². The number of hydrogen-bond acceptors (Lipinski definition) is 19. The van der Waals surface area contributed by atoms with Crippen molar-refractivity contribution in [2.24, 2.45) is 0 Å². The maximum absolute atomic E-state index is 12.8. The van der Waals surface area contributed by atoms with Gasteiger partial charge in [0.2, 0.25) is 0 Å². The van der Waals surface area contributed by atoms with Crippen LogP contribution < -0.4 is 5.32 Å². The zero-order chi connectivity index (χ0) is 73.2. The second-order valence-corrected chi connectivity index (χ2v) is 26.9. The number of aromatic nitrogens is 20. The number of halogens is 4. The van der Waals surface area contributed by atoms with Gasteiger partial charge in [0, 0.05) is 85.1 Å². The first-order valence-electron chi connectivity index (χ1n) is 34.0. The van der Waals surface area contributed by atoms with E-state index < -0.39 is 17.9 Å². The molecular formula is C71H73Cl4N21O8. The number of aliphatic hydroxyl groups is 1. The van der Waals surface area contributed by atoms with Crippen molar-refractivity contribution in [3.63, 3.8) is 0 Å². The van der Waals surface area contributed by atoms with Gasteiger partial charge in [0.25, 0.3) is 5.91 Å². The summed E-state index contributed by atoms with van der Waals surface area (Å²) in [7, 11) is 0. The van der Waals surface area contributed by atoms with Gasteiger partial charge in [-0.2, -0.15) is 40.8 Å². The molecular weight excluding hydrogens is 1420 g/mol. The number of fused-ring (bicyclic) bond motifs is 8. The number of anilines is 1. The van der Waals surface area contributed by atoms with E-state index in [1.165, 1.54) is 54.0 Å². The summed E-state index contributed by atoms with van der Waals surface area (Å²) in [5.74, 6) is -2.33. The van der Waals surface area contributed by atoms with E-state index in [0.29, 0.717) is 102 Å². The minimum Gasteiger partial charge on any atom is -0.478 e. The molecule has 1 amide bonds. The summed E-state index contributed by atoms with van der Waals surface area (Å²) >= 11 is 25.4. The molecule has 0 saturated heterocycles. The van der Waals surface area contributed by atoms with Gasteiger partial charge in [-0.15, -0.1) is 0 Å². The highest BCUT2D eigenvalue weighted by atomic mass is 35.5. The lowest BCUT2D eigenvalue weighted by atomic mass is 10.2. The van der Waals surface area contributed by atoms with Crippen molar-refractivity contribution in [1.29, 1.82) is 0 Å². The molecule has 33 heteroatoms. The Morgan fingerprint density at radius 2 is 0.856 bits per heavy atom. The van der Waals surface area contributed by atoms with Crippen molar-refractivity contribution in [3.05, 3.63) is 190 Å². The standard InChI is InChI=1S/C22H21ClN6O.C17H18ClN5O2.C15H14ClN5O2.C10H10ClN3O2.C7H10N2O/c1-13-5-7-15(8-6-13)25-22(30)18-11-24-21-19(20(18)23)14(2)26-29(21)12-16-10-17-4-3-9-28(17)27-16;1-3-25-17(24)13-8-19-16-14(15(13)18)10(2)20-23(16)9-11-7-12-5-4-6-22(12)21-11;1-8-12-13(16)11(15(22)23)6-17-14(12)21(18-8)7-9-5-10-3-2-4-20(10)19-9;1-3-16-10(15)6-4-12-9-7(8(6)11)5(2)13-14-9;10-5-6-4-7-2-1-3-9(7)8-6/h5-8,10-11H,3-4,9,12H2,1-2H3,(H,25,30);7-8H,3-6,9H2,1-2H3;5-6H,2-4,7H2,1H3,(H,22,23);4H,3H2,1-2H3,(H,12,13,14);4,10H,1-3,5H2. The lowest BCUT2D eigenvalue weighted by molar-refractivity contribution is 0.0516. The van der Waals surface area contributed by atoms with Crippen molar-refractivity contribution in [2.45, 2.75) is 152 Å². The minimum atomic E-state index is -1.10. The zero-order valence-corrected chi connectivity index (χ0v) is 61.0. The van der Waals surface area contributed by atoms with E-state index in [0.717, 1.165) is 117 Å². The van der Waals surface area contributed by atoms with E-state index in [1.54, 1.807) is 34.8 Å². The number of esters is 2. The first kappa shape index (κ1) is 71.9. The molecule has 0 bridgehead atoms. The number of aromatic amines is 1.